The van der Waals surface area contributed by atoms with Gasteiger partial charge in [-0.25, -0.2) is 0 Å². The zero-order chi connectivity index (χ0) is 13.5. The number of pyridine rings is 1. The fourth-order valence-corrected chi connectivity index (χ4v) is 2.39. The monoisotopic (exact) mass is 261 g/mol. The number of amides is 1. The molecule has 1 aromatic rings. The van der Waals surface area contributed by atoms with Crippen LogP contribution in [0, 0.1) is 0 Å². The third-order valence-corrected chi connectivity index (χ3v) is 3.66. The summed E-state index contributed by atoms with van der Waals surface area (Å²) in [6.45, 7) is 7.16. The number of carbonyl (C=O) groups is 1. The molecule has 1 aliphatic rings. The van der Waals surface area contributed by atoms with E-state index in [4.69, 9.17) is 0 Å². The Morgan fingerprint density at radius 1 is 1.21 bits per heavy atom. The van der Waals surface area contributed by atoms with Gasteiger partial charge in [-0.2, -0.15) is 0 Å². The molecule has 0 atom stereocenters. The average Bonchev–Trinajstić information content (AvgIpc) is 2.46. The number of aromatic nitrogens is 1. The van der Waals surface area contributed by atoms with Gasteiger partial charge in [-0.1, -0.05) is 13.3 Å². The molecule has 0 unspecified atom stereocenters. The first kappa shape index (κ1) is 14.0. The number of nitrogens with zero attached hydrogens (tertiary/aromatic N) is 3. The average molecular weight is 261 g/mol. The third kappa shape index (κ3) is 4.31. The molecule has 0 saturated carbocycles. The molecule has 0 aliphatic carbocycles. The van der Waals surface area contributed by atoms with Crippen LogP contribution in [0.5, 0.6) is 0 Å². The van der Waals surface area contributed by atoms with E-state index in [2.05, 4.69) is 16.8 Å². The van der Waals surface area contributed by atoms with Gasteiger partial charge in [-0.15, -0.1) is 0 Å². The Bertz CT molecular complexity index is 386. The Morgan fingerprint density at radius 2 is 1.89 bits per heavy atom. The highest BCUT2D eigenvalue weighted by Crippen LogP contribution is 2.07. The molecule has 1 aliphatic heterocycles. The predicted octanol–water partition coefficient (Wildman–Crippen LogP) is 1.57. The van der Waals surface area contributed by atoms with Gasteiger partial charge in [0.1, 0.15) is 0 Å². The van der Waals surface area contributed by atoms with E-state index < -0.39 is 0 Å². The zero-order valence-corrected chi connectivity index (χ0v) is 11.7. The van der Waals surface area contributed by atoms with Crippen LogP contribution in [0.4, 0.5) is 0 Å². The van der Waals surface area contributed by atoms with Gasteiger partial charge in [0.25, 0.3) is 0 Å². The molecular formula is C15H23N3O. The molecule has 2 rings (SSSR count). The number of carbonyl (C=O) groups excluding carboxylic acids is 1. The van der Waals surface area contributed by atoms with Crippen molar-refractivity contribution in [3.63, 3.8) is 0 Å². The maximum Gasteiger partial charge on any atom is 0.227 e. The zero-order valence-electron chi connectivity index (χ0n) is 11.7. The SMILES string of the molecule is CCCCN1CCN(C(=O)Cc2ccncc2)CC1. The molecule has 1 amide bonds. The second kappa shape index (κ2) is 7.24. The Kier molecular flexibility index (Phi) is 5.33. The minimum Gasteiger partial charge on any atom is -0.340 e. The van der Waals surface area contributed by atoms with E-state index in [1.807, 2.05) is 17.0 Å². The lowest BCUT2D eigenvalue weighted by Crippen LogP contribution is -2.49. The van der Waals surface area contributed by atoms with Crippen molar-refractivity contribution in [1.29, 1.82) is 0 Å². The molecular weight excluding hydrogens is 238 g/mol. The van der Waals surface area contributed by atoms with E-state index in [1.54, 1.807) is 12.4 Å². The minimum absolute atomic E-state index is 0.237. The van der Waals surface area contributed by atoms with E-state index in [0.29, 0.717) is 6.42 Å². The van der Waals surface area contributed by atoms with E-state index in [-0.39, 0.29) is 5.91 Å². The van der Waals surface area contributed by atoms with Crippen molar-refractivity contribution in [2.45, 2.75) is 26.2 Å². The van der Waals surface area contributed by atoms with Gasteiger partial charge in [-0.3, -0.25) is 14.7 Å². The van der Waals surface area contributed by atoms with E-state index in [0.717, 1.165) is 31.7 Å². The molecule has 1 aromatic heterocycles. The molecule has 104 valence electrons. The van der Waals surface area contributed by atoms with Crippen molar-refractivity contribution >= 4 is 5.91 Å². The molecule has 0 bridgehead atoms. The summed E-state index contributed by atoms with van der Waals surface area (Å²) < 4.78 is 0. The van der Waals surface area contributed by atoms with Crippen LogP contribution in [0.15, 0.2) is 24.5 Å². The Balaban J connectivity index is 1.76. The van der Waals surface area contributed by atoms with Crippen LogP contribution in [0.2, 0.25) is 0 Å². The smallest absolute Gasteiger partial charge is 0.227 e. The lowest BCUT2D eigenvalue weighted by atomic mass is 10.1. The van der Waals surface area contributed by atoms with Crippen LogP contribution in [-0.4, -0.2) is 53.4 Å². The van der Waals surface area contributed by atoms with Gasteiger partial charge in [0, 0.05) is 38.6 Å². The number of piperazine rings is 1. The molecule has 0 radical (unpaired) electrons. The summed E-state index contributed by atoms with van der Waals surface area (Å²) in [7, 11) is 0. The first-order valence-electron chi connectivity index (χ1n) is 7.18. The fourth-order valence-electron chi connectivity index (χ4n) is 2.39. The topological polar surface area (TPSA) is 36.4 Å². The summed E-state index contributed by atoms with van der Waals surface area (Å²) in [6.07, 6.45) is 6.47. The summed E-state index contributed by atoms with van der Waals surface area (Å²) >= 11 is 0. The van der Waals surface area contributed by atoms with Crippen molar-refractivity contribution < 1.29 is 4.79 Å². The first-order valence-corrected chi connectivity index (χ1v) is 7.18. The van der Waals surface area contributed by atoms with Gasteiger partial charge in [-0.05, 0) is 30.7 Å². The second-order valence-electron chi connectivity index (χ2n) is 5.11. The van der Waals surface area contributed by atoms with E-state index in [9.17, 15) is 4.79 Å². The largest absolute Gasteiger partial charge is 0.340 e. The van der Waals surface area contributed by atoms with E-state index >= 15 is 0 Å². The summed E-state index contributed by atoms with van der Waals surface area (Å²) in [6, 6.07) is 3.82. The van der Waals surface area contributed by atoms with Crippen LogP contribution in [0.3, 0.4) is 0 Å². The highest BCUT2D eigenvalue weighted by Gasteiger charge is 2.20. The van der Waals surface area contributed by atoms with Crippen molar-refractivity contribution in [2.24, 2.45) is 0 Å². The van der Waals surface area contributed by atoms with E-state index in [1.165, 1.54) is 19.4 Å². The molecule has 19 heavy (non-hydrogen) atoms. The molecule has 2 heterocycles. The van der Waals surface area contributed by atoms with Crippen LogP contribution < -0.4 is 0 Å². The maximum atomic E-state index is 12.2. The van der Waals surface area contributed by atoms with Crippen LogP contribution in [0.1, 0.15) is 25.3 Å². The quantitative estimate of drug-likeness (QED) is 0.807. The molecule has 0 N–H and O–H groups in total. The van der Waals surface area contributed by atoms with Crippen molar-refractivity contribution in [1.82, 2.24) is 14.8 Å². The third-order valence-electron chi connectivity index (χ3n) is 3.66. The minimum atomic E-state index is 0.237. The number of rotatable bonds is 5. The van der Waals surface area contributed by atoms with Gasteiger partial charge in [0.15, 0.2) is 0 Å². The normalized spacial score (nSPS) is 16.6. The lowest BCUT2D eigenvalue weighted by molar-refractivity contribution is -0.132. The van der Waals surface area contributed by atoms with Gasteiger partial charge >= 0.3 is 0 Å². The van der Waals surface area contributed by atoms with Crippen molar-refractivity contribution in [3.05, 3.63) is 30.1 Å². The summed E-state index contributed by atoms with van der Waals surface area (Å²) in [5.41, 5.74) is 1.05. The molecule has 0 spiro atoms. The molecule has 1 saturated heterocycles. The van der Waals surface area contributed by atoms with Crippen molar-refractivity contribution in [3.8, 4) is 0 Å². The second-order valence-corrected chi connectivity index (χ2v) is 5.11. The van der Waals surface area contributed by atoms with Gasteiger partial charge < -0.3 is 4.90 Å². The van der Waals surface area contributed by atoms with Crippen LogP contribution in [-0.2, 0) is 11.2 Å². The Hall–Kier alpha value is -1.42. The Labute approximate surface area is 115 Å². The number of hydrogen-bond donors (Lipinski definition) is 0. The predicted molar refractivity (Wildman–Crippen MR) is 75.9 cm³/mol. The summed E-state index contributed by atoms with van der Waals surface area (Å²) in [4.78, 5) is 20.6. The number of unbranched alkanes of at least 4 members (excludes halogenated alkanes) is 1. The number of hydrogen-bond acceptors (Lipinski definition) is 3. The molecule has 4 nitrogen and oxygen atoms in total. The standard InChI is InChI=1S/C15H23N3O/c1-2-3-8-17-9-11-18(12-10-17)15(19)13-14-4-6-16-7-5-14/h4-7H,2-3,8-13H2,1H3. The van der Waals surface area contributed by atoms with Gasteiger partial charge in [0.05, 0.1) is 6.42 Å². The van der Waals surface area contributed by atoms with Crippen molar-refractivity contribution in [2.75, 3.05) is 32.7 Å². The van der Waals surface area contributed by atoms with Gasteiger partial charge in [0.2, 0.25) is 5.91 Å². The van der Waals surface area contributed by atoms with Crippen LogP contribution in [0.25, 0.3) is 0 Å². The highest BCUT2D eigenvalue weighted by molar-refractivity contribution is 5.78. The lowest BCUT2D eigenvalue weighted by Gasteiger charge is -2.34. The van der Waals surface area contributed by atoms with Crippen LogP contribution >= 0.6 is 0 Å². The first-order chi connectivity index (χ1) is 9.29. The molecule has 0 aromatic carbocycles. The molecule has 1 fully saturated rings. The fraction of sp³-hybridized carbons (Fsp3) is 0.600. The highest BCUT2D eigenvalue weighted by atomic mass is 16.2. The Morgan fingerprint density at radius 3 is 2.53 bits per heavy atom. The molecule has 4 heteroatoms. The summed E-state index contributed by atoms with van der Waals surface area (Å²) in [5.74, 6) is 0.237. The summed E-state index contributed by atoms with van der Waals surface area (Å²) in [5, 5.41) is 0. The maximum absolute atomic E-state index is 12.2.